The third-order valence-corrected chi connectivity index (χ3v) is 6.12. The Balaban J connectivity index is 1.82. The number of ketones is 1. The number of hydrogen-bond donors (Lipinski definition) is 0. The maximum absolute atomic E-state index is 11.6. The minimum Gasteiger partial charge on any atom is -0.306 e. The number of likely N-dealkylation sites (tertiary alicyclic amines) is 1. The topological polar surface area (TPSA) is 33.2 Å². The van der Waals surface area contributed by atoms with Gasteiger partial charge in [0.2, 0.25) is 0 Å². The van der Waals surface area contributed by atoms with Crippen molar-refractivity contribution in [2.75, 3.05) is 20.1 Å². The SMILES string of the molecule is CC(=O)CCC1=Cc2ccccc2C(C2CCN(C)CC2)c2ncccc21. The van der Waals surface area contributed by atoms with Gasteiger partial charge in [-0.15, -0.1) is 0 Å². The number of carbonyl (C=O) groups is 1. The summed E-state index contributed by atoms with van der Waals surface area (Å²) in [5.41, 5.74) is 6.37. The summed E-state index contributed by atoms with van der Waals surface area (Å²) < 4.78 is 0. The van der Waals surface area contributed by atoms with Gasteiger partial charge in [-0.1, -0.05) is 36.4 Å². The van der Waals surface area contributed by atoms with Crippen LogP contribution in [0.4, 0.5) is 0 Å². The van der Waals surface area contributed by atoms with Crippen LogP contribution in [0.5, 0.6) is 0 Å². The fourth-order valence-corrected chi connectivity index (χ4v) is 4.63. The van der Waals surface area contributed by atoms with E-state index in [0.29, 0.717) is 18.3 Å². The Morgan fingerprint density at radius 2 is 1.93 bits per heavy atom. The van der Waals surface area contributed by atoms with Crippen LogP contribution in [0, 0.1) is 5.92 Å². The first-order chi connectivity index (χ1) is 13.1. The van der Waals surface area contributed by atoms with Gasteiger partial charge in [-0.2, -0.15) is 0 Å². The minimum absolute atomic E-state index is 0.241. The van der Waals surface area contributed by atoms with Crippen molar-refractivity contribution in [2.45, 2.75) is 38.5 Å². The zero-order valence-corrected chi connectivity index (χ0v) is 16.3. The molecule has 0 spiro atoms. The van der Waals surface area contributed by atoms with Gasteiger partial charge in [0.15, 0.2) is 0 Å². The molecule has 1 fully saturated rings. The second-order valence-electron chi connectivity index (χ2n) is 8.06. The van der Waals surface area contributed by atoms with E-state index in [0.717, 1.165) is 19.5 Å². The number of aromatic nitrogens is 1. The highest BCUT2D eigenvalue weighted by Gasteiger charge is 2.33. The summed E-state index contributed by atoms with van der Waals surface area (Å²) in [5, 5.41) is 0. The zero-order valence-electron chi connectivity index (χ0n) is 16.3. The van der Waals surface area contributed by atoms with Crippen LogP contribution < -0.4 is 0 Å². The van der Waals surface area contributed by atoms with E-state index in [-0.39, 0.29) is 5.78 Å². The molecule has 2 aliphatic rings. The molecular formula is C24H28N2O. The Kier molecular flexibility index (Phi) is 5.22. The lowest BCUT2D eigenvalue weighted by Gasteiger charge is -2.35. The van der Waals surface area contributed by atoms with E-state index in [1.165, 1.54) is 40.8 Å². The number of allylic oxidation sites excluding steroid dienone is 1. The van der Waals surface area contributed by atoms with Crippen molar-refractivity contribution in [2.24, 2.45) is 5.92 Å². The first-order valence-corrected chi connectivity index (χ1v) is 10.1. The lowest BCUT2D eigenvalue weighted by atomic mass is 9.76. The molecule has 0 amide bonds. The Morgan fingerprint density at radius 3 is 2.70 bits per heavy atom. The molecule has 0 saturated carbocycles. The highest BCUT2D eigenvalue weighted by atomic mass is 16.1. The predicted molar refractivity (Wildman–Crippen MR) is 111 cm³/mol. The van der Waals surface area contributed by atoms with Crippen LogP contribution in [0.1, 0.15) is 60.9 Å². The number of fused-ring (bicyclic) bond motifs is 2. The van der Waals surface area contributed by atoms with Crippen molar-refractivity contribution >= 4 is 17.4 Å². The lowest BCUT2D eigenvalue weighted by molar-refractivity contribution is -0.116. The standard InChI is InChI=1S/C24H28N2O/c1-17(27)9-10-20-16-19-6-3-4-7-21(19)23(18-11-14-26(2)15-12-18)24-22(20)8-5-13-25-24/h3-8,13,16,18,23H,9-12,14-15H2,1-2H3. The molecule has 0 radical (unpaired) electrons. The van der Waals surface area contributed by atoms with Crippen molar-refractivity contribution in [3.8, 4) is 0 Å². The van der Waals surface area contributed by atoms with Crippen LogP contribution >= 0.6 is 0 Å². The molecule has 0 bridgehead atoms. The number of rotatable bonds is 4. The van der Waals surface area contributed by atoms with Crippen molar-refractivity contribution < 1.29 is 4.79 Å². The number of piperidine rings is 1. The van der Waals surface area contributed by atoms with E-state index in [4.69, 9.17) is 4.98 Å². The van der Waals surface area contributed by atoms with Gasteiger partial charge >= 0.3 is 0 Å². The summed E-state index contributed by atoms with van der Waals surface area (Å²) in [7, 11) is 2.21. The summed E-state index contributed by atoms with van der Waals surface area (Å²) in [6.45, 7) is 3.98. The quantitative estimate of drug-likeness (QED) is 0.787. The van der Waals surface area contributed by atoms with Gasteiger partial charge in [0.25, 0.3) is 0 Å². The van der Waals surface area contributed by atoms with E-state index in [1.807, 2.05) is 12.3 Å². The average molecular weight is 361 g/mol. The zero-order chi connectivity index (χ0) is 18.8. The second kappa shape index (κ2) is 7.77. The molecule has 140 valence electrons. The molecule has 1 unspecified atom stereocenters. The molecule has 3 nitrogen and oxygen atoms in total. The molecule has 1 aromatic heterocycles. The van der Waals surface area contributed by atoms with Crippen molar-refractivity contribution in [3.63, 3.8) is 0 Å². The third-order valence-electron chi connectivity index (χ3n) is 6.12. The van der Waals surface area contributed by atoms with Crippen LogP contribution in [-0.2, 0) is 4.79 Å². The number of pyridine rings is 1. The second-order valence-corrected chi connectivity index (χ2v) is 8.06. The first-order valence-electron chi connectivity index (χ1n) is 10.1. The van der Waals surface area contributed by atoms with Crippen molar-refractivity contribution in [1.29, 1.82) is 0 Å². The molecule has 4 rings (SSSR count). The Labute approximate surface area is 162 Å². The number of hydrogen-bond acceptors (Lipinski definition) is 3. The van der Waals surface area contributed by atoms with Crippen LogP contribution in [-0.4, -0.2) is 35.8 Å². The minimum atomic E-state index is 0.241. The first kappa shape index (κ1) is 18.1. The van der Waals surface area contributed by atoms with Crippen molar-refractivity contribution in [3.05, 3.63) is 65.0 Å². The average Bonchev–Trinajstić information content (AvgIpc) is 2.82. The highest BCUT2D eigenvalue weighted by Crippen LogP contribution is 2.44. The summed E-state index contributed by atoms with van der Waals surface area (Å²) in [4.78, 5) is 18.9. The largest absolute Gasteiger partial charge is 0.306 e. The van der Waals surface area contributed by atoms with Gasteiger partial charge in [0.1, 0.15) is 5.78 Å². The van der Waals surface area contributed by atoms with Crippen LogP contribution in [0.25, 0.3) is 11.6 Å². The van der Waals surface area contributed by atoms with Crippen molar-refractivity contribution in [1.82, 2.24) is 9.88 Å². The van der Waals surface area contributed by atoms with Crippen LogP contribution in [0.3, 0.4) is 0 Å². The molecule has 1 aromatic carbocycles. The summed E-state index contributed by atoms with van der Waals surface area (Å²) in [5.74, 6) is 1.18. The van der Waals surface area contributed by atoms with Gasteiger partial charge in [0, 0.05) is 18.5 Å². The molecule has 1 atom stereocenters. The van der Waals surface area contributed by atoms with E-state index < -0.39 is 0 Å². The monoisotopic (exact) mass is 360 g/mol. The van der Waals surface area contributed by atoms with Crippen LogP contribution in [0.15, 0.2) is 42.6 Å². The summed E-state index contributed by atoms with van der Waals surface area (Å²) in [6, 6.07) is 13.0. The summed E-state index contributed by atoms with van der Waals surface area (Å²) >= 11 is 0. The smallest absolute Gasteiger partial charge is 0.130 e. The van der Waals surface area contributed by atoms with Gasteiger partial charge in [0.05, 0.1) is 5.69 Å². The number of Topliss-reactive ketones (excluding diaryl/α,β-unsaturated/α-hetero) is 1. The van der Waals surface area contributed by atoms with E-state index in [9.17, 15) is 4.79 Å². The molecule has 3 heteroatoms. The Bertz CT molecular complexity index is 862. The molecule has 1 saturated heterocycles. The molecule has 1 aliphatic carbocycles. The summed E-state index contributed by atoms with van der Waals surface area (Å²) in [6.07, 6.45) is 8.00. The normalized spacial score (nSPS) is 20.4. The number of nitrogens with zero attached hydrogens (tertiary/aromatic N) is 2. The molecular weight excluding hydrogens is 332 g/mol. The third kappa shape index (κ3) is 3.74. The van der Waals surface area contributed by atoms with E-state index in [2.05, 4.69) is 48.4 Å². The van der Waals surface area contributed by atoms with Gasteiger partial charge in [-0.05, 0) is 80.6 Å². The molecule has 2 heterocycles. The molecule has 1 aliphatic heterocycles. The van der Waals surface area contributed by atoms with Gasteiger partial charge < -0.3 is 9.69 Å². The highest BCUT2D eigenvalue weighted by molar-refractivity contribution is 5.88. The lowest BCUT2D eigenvalue weighted by Crippen LogP contribution is -2.33. The number of benzene rings is 1. The Morgan fingerprint density at radius 1 is 1.15 bits per heavy atom. The molecule has 27 heavy (non-hydrogen) atoms. The fourth-order valence-electron chi connectivity index (χ4n) is 4.63. The van der Waals surface area contributed by atoms with E-state index >= 15 is 0 Å². The predicted octanol–water partition coefficient (Wildman–Crippen LogP) is 4.78. The van der Waals surface area contributed by atoms with Gasteiger partial charge in [-0.25, -0.2) is 0 Å². The Hall–Kier alpha value is -2.26. The molecule has 0 N–H and O–H groups in total. The van der Waals surface area contributed by atoms with Gasteiger partial charge in [-0.3, -0.25) is 4.98 Å². The van der Waals surface area contributed by atoms with Crippen LogP contribution in [0.2, 0.25) is 0 Å². The maximum Gasteiger partial charge on any atom is 0.130 e. The fraction of sp³-hybridized carbons (Fsp3) is 0.417. The number of carbonyl (C=O) groups excluding carboxylic acids is 1. The van der Waals surface area contributed by atoms with E-state index in [1.54, 1.807) is 6.92 Å². The molecule has 2 aromatic rings. The maximum atomic E-state index is 11.6.